The van der Waals surface area contributed by atoms with Crippen LogP contribution in [0.15, 0.2) is 0 Å². The average Bonchev–Trinajstić information content (AvgIpc) is 2.54. The second-order valence-corrected chi connectivity index (χ2v) is 6.79. The molecule has 2 rings (SSSR count). The van der Waals surface area contributed by atoms with Gasteiger partial charge in [0.05, 0.1) is 0 Å². The highest BCUT2D eigenvalue weighted by Crippen LogP contribution is 2.39. The van der Waals surface area contributed by atoms with Crippen LogP contribution in [-0.2, 0) is 0 Å². The Bertz CT molecular complexity index is 237. The van der Waals surface area contributed by atoms with E-state index in [9.17, 15) is 0 Å². The standard InChI is InChI=1S/C16H32N2/c1-17-15(13-14-9-8-10-14)16(18(2)3)11-6-4-5-7-12-16/h14-15,17H,4-13H2,1-3H3. The molecule has 0 aliphatic heterocycles. The first-order valence-corrected chi connectivity index (χ1v) is 8.04. The molecule has 0 amide bonds. The van der Waals surface area contributed by atoms with Crippen molar-refractivity contribution in [2.24, 2.45) is 5.92 Å². The van der Waals surface area contributed by atoms with Crippen LogP contribution in [0.3, 0.4) is 0 Å². The lowest BCUT2D eigenvalue weighted by atomic mass is 9.73. The number of rotatable bonds is 5. The third-order valence-corrected chi connectivity index (χ3v) is 5.65. The predicted octanol–water partition coefficient (Wildman–Crippen LogP) is 3.42. The number of nitrogens with zero attached hydrogens (tertiary/aromatic N) is 1. The Morgan fingerprint density at radius 3 is 2.06 bits per heavy atom. The van der Waals surface area contributed by atoms with Crippen molar-refractivity contribution in [3.05, 3.63) is 0 Å². The minimum atomic E-state index is 0.418. The molecule has 2 saturated carbocycles. The molecule has 106 valence electrons. The van der Waals surface area contributed by atoms with Crippen molar-refractivity contribution < 1.29 is 0 Å². The summed E-state index contributed by atoms with van der Waals surface area (Å²) < 4.78 is 0. The summed E-state index contributed by atoms with van der Waals surface area (Å²) in [4.78, 5) is 2.54. The molecule has 0 aromatic carbocycles. The van der Waals surface area contributed by atoms with Gasteiger partial charge in [-0.25, -0.2) is 0 Å². The molecular formula is C16H32N2. The molecule has 2 heteroatoms. The van der Waals surface area contributed by atoms with Gasteiger partial charge in [0, 0.05) is 11.6 Å². The van der Waals surface area contributed by atoms with Crippen molar-refractivity contribution >= 4 is 0 Å². The van der Waals surface area contributed by atoms with E-state index in [4.69, 9.17) is 0 Å². The van der Waals surface area contributed by atoms with E-state index in [1.54, 1.807) is 0 Å². The molecule has 0 heterocycles. The van der Waals surface area contributed by atoms with Crippen LogP contribution in [0, 0.1) is 5.92 Å². The molecular weight excluding hydrogens is 220 g/mol. The van der Waals surface area contributed by atoms with Crippen LogP contribution >= 0.6 is 0 Å². The SMILES string of the molecule is CNC(CC1CCC1)C1(N(C)C)CCCCCC1. The zero-order chi connectivity index (χ0) is 13.0. The molecule has 18 heavy (non-hydrogen) atoms. The highest BCUT2D eigenvalue weighted by atomic mass is 15.2. The molecule has 1 unspecified atom stereocenters. The van der Waals surface area contributed by atoms with E-state index < -0.39 is 0 Å². The molecule has 2 nitrogen and oxygen atoms in total. The van der Waals surface area contributed by atoms with Gasteiger partial charge in [-0.1, -0.05) is 44.9 Å². The van der Waals surface area contributed by atoms with Gasteiger partial charge in [-0.15, -0.1) is 0 Å². The summed E-state index contributed by atoms with van der Waals surface area (Å²) in [6.07, 6.45) is 14.3. The lowest BCUT2D eigenvalue weighted by Gasteiger charge is -2.48. The number of likely N-dealkylation sites (N-methyl/N-ethyl adjacent to an activating group) is 2. The lowest BCUT2D eigenvalue weighted by Crippen LogP contribution is -2.58. The summed E-state index contributed by atoms with van der Waals surface area (Å²) in [5, 5.41) is 3.68. The van der Waals surface area contributed by atoms with Crippen LogP contribution in [0.25, 0.3) is 0 Å². The van der Waals surface area contributed by atoms with Gasteiger partial charge in [-0.3, -0.25) is 0 Å². The first-order chi connectivity index (χ1) is 8.69. The van der Waals surface area contributed by atoms with Gasteiger partial charge in [0.25, 0.3) is 0 Å². The van der Waals surface area contributed by atoms with Gasteiger partial charge in [0.1, 0.15) is 0 Å². The van der Waals surface area contributed by atoms with E-state index in [2.05, 4.69) is 31.4 Å². The molecule has 0 spiro atoms. The van der Waals surface area contributed by atoms with E-state index in [1.165, 1.54) is 64.2 Å². The quantitative estimate of drug-likeness (QED) is 0.754. The van der Waals surface area contributed by atoms with Gasteiger partial charge in [-0.05, 0) is 46.3 Å². The maximum atomic E-state index is 3.68. The third kappa shape index (κ3) is 2.91. The van der Waals surface area contributed by atoms with Crippen molar-refractivity contribution in [3.63, 3.8) is 0 Å². The highest BCUT2D eigenvalue weighted by Gasteiger charge is 2.41. The maximum Gasteiger partial charge on any atom is 0.0356 e. The zero-order valence-corrected chi connectivity index (χ0v) is 12.7. The topological polar surface area (TPSA) is 15.3 Å². The van der Waals surface area contributed by atoms with Gasteiger partial charge in [0.2, 0.25) is 0 Å². The fourth-order valence-electron chi connectivity index (χ4n) is 4.12. The Morgan fingerprint density at radius 2 is 1.67 bits per heavy atom. The Labute approximate surface area is 114 Å². The Kier molecular flexibility index (Phi) is 5.08. The largest absolute Gasteiger partial charge is 0.315 e. The van der Waals surface area contributed by atoms with Crippen molar-refractivity contribution in [2.45, 2.75) is 75.8 Å². The fourth-order valence-corrected chi connectivity index (χ4v) is 4.12. The van der Waals surface area contributed by atoms with Gasteiger partial charge >= 0.3 is 0 Å². The highest BCUT2D eigenvalue weighted by molar-refractivity contribution is 5.00. The van der Waals surface area contributed by atoms with E-state index in [0.717, 1.165) is 5.92 Å². The third-order valence-electron chi connectivity index (χ3n) is 5.65. The Hall–Kier alpha value is -0.0800. The molecule has 0 aromatic heterocycles. The molecule has 0 aromatic rings. The molecule has 0 bridgehead atoms. The van der Waals surface area contributed by atoms with Crippen molar-refractivity contribution in [1.82, 2.24) is 10.2 Å². The molecule has 2 aliphatic carbocycles. The monoisotopic (exact) mass is 252 g/mol. The summed E-state index contributed by atoms with van der Waals surface area (Å²) in [5.41, 5.74) is 0.418. The van der Waals surface area contributed by atoms with Crippen LogP contribution < -0.4 is 5.32 Å². The summed E-state index contributed by atoms with van der Waals surface area (Å²) in [6, 6.07) is 0.691. The molecule has 2 aliphatic rings. The Morgan fingerprint density at radius 1 is 1.06 bits per heavy atom. The van der Waals surface area contributed by atoms with Gasteiger partial charge in [-0.2, -0.15) is 0 Å². The lowest BCUT2D eigenvalue weighted by molar-refractivity contribution is 0.0638. The second kappa shape index (κ2) is 6.38. The van der Waals surface area contributed by atoms with Crippen LogP contribution in [0.5, 0.6) is 0 Å². The van der Waals surface area contributed by atoms with Gasteiger partial charge in [0.15, 0.2) is 0 Å². The summed E-state index contributed by atoms with van der Waals surface area (Å²) >= 11 is 0. The first kappa shape index (κ1) is 14.3. The average molecular weight is 252 g/mol. The van der Waals surface area contributed by atoms with Crippen LogP contribution in [0.1, 0.15) is 64.2 Å². The van der Waals surface area contributed by atoms with E-state index in [-0.39, 0.29) is 0 Å². The zero-order valence-electron chi connectivity index (χ0n) is 12.7. The number of nitrogens with one attached hydrogen (secondary N) is 1. The normalized spacial score (nSPS) is 26.7. The molecule has 0 saturated heterocycles. The minimum Gasteiger partial charge on any atom is -0.315 e. The molecule has 2 fully saturated rings. The van der Waals surface area contributed by atoms with Gasteiger partial charge < -0.3 is 10.2 Å². The van der Waals surface area contributed by atoms with E-state index in [0.29, 0.717) is 11.6 Å². The van der Waals surface area contributed by atoms with Crippen molar-refractivity contribution in [1.29, 1.82) is 0 Å². The van der Waals surface area contributed by atoms with Crippen molar-refractivity contribution in [2.75, 3.05) is 21.1 Å². The maximum absolute atomic E-state index is 3.68. The van der Waals surface area contributed by atoms with E-state index >= 15 is 0 Å². The van der Waals surface area contributed by atoms with Crippen LogP contribution in [-0.4, -0.2) is 37.6 Å². The minimum absolute atomic E-state index is 0.418. The second-order valence-electron chi connectivity index (χ2n) is 6.79. The van der Waals surface area contributed by atoms with E-state index in [1.807, 2.05) is 0 Å². The number of hydrogen-bond donors (Lipinski definition) is 1. The molecule has 1 N–H and O–H groups in total. The predicted molar refractivity (Wildman–Crippen MR) is 78.9 cm³/mol. The molecule has 0 radical (unpaired) electrons. The summed E-state index contributed by atoms with van der Waals surface area (Å²) in [6.45, 7) is 0. The van der Waals surface area contributed by atoms with Crippen molar-refractivity contribution in [3.8, 4) is 0 Å². The van der Waals surface area contributed by atoms with Crippen LogP contribution in [0.2, 0.25) is 0 Å². The van der Waals surface area contributed by atoms with Crippen LogP contribution in [0.4, 0.5) is 0 Å². The number of hydrogen-bond acceptors (Lipinski definition) is 2. The summed E-state index contributed by atoms with van der Waals surface area (Å²) in [7, 11) is 6.78. The first-order valence-electron chi connectivity index (χ1n) is 8.04. The molecule has 1 atom stereocenters. The Balaban J connectivity index is 2.08. The smallest absolute Gasteiger partial charge is 0.0356 e. The summed E-state index contributed by atoms with van der Waals surface area (Å²) in [5.74, 6) is 1.00. The fraction of sp³-hybridized carbons (Fsp3) is 1.00.